The molecule has 0 fully saturated rings. The molecule has 7 N–H and O–H groups in total. The number of hydrogen-bond acceptors (Lipinski definition) is 7. The Morgan fingerprint density at radius 3 is 2.14 bits per heavy atom. The maximum atomic E-state index is 13.0. The maximum absolute atomic E-state index is 13.0. The van der Waals surface area contributed by atoms with E-state index in [-0.39, 0.29) is 30.9 Å². The highest BCUT2D eigenvalue weighted by atomic mass is 32.1. The van der Waals surface area contributed by atoms with Gasteiger partial charge in [0, 0.05) is 30.5 Å². The number of thiol groups is 1. The molecule has 196 valence electrons. The molecule has 4 atom stereocenters. The molecule has 2 rings (SSSR count). The number of nitrogens with zero attached hydrogens (tertiary/aromatic N) is 1. The summed E-state index contributed by atoms with van der Waals surface area (Å²) in [4.78, 5) is 57.0. The number of amides is 3. The molecule has 12 heteroatoms. The summed E-state index contributed by atoms with van der Waals surface area (Å²) < 4.78 is 0. The van der Waals surface area contributed by atoms with Crippen LogP contribution in [0.5, 0.6) is 0 Å². The summed E-state index contributed by atoms with van der Waals surface area (Å²) in [5.74, 6) is -3.00. The van der Waals surface area contributed by atoms with Gasteiger partial charge in [0.2, 0.25) is 17.7 Å². The van der Waals surface area contributed by atoms with Crippen molar-refractivity contribution in [2.75, 3.05) is 5.75 Å². The second-order valence-electron chi connectivity index (χ2n) is 8.91. The molecule has 1 aromatic heterocycles. The number of aliphatic carboxylic acids is 1. The zero-order valence-corrected chi connectivity index (χ0v) is 21.2. The number of carboxylic acid groups (broad SMARTS) is 1. The predicted octanol–water partition coefficient (Wildman–Crippen LogP) is 0.0371. The molecule has 11 nitrogen and oxygen atoms in total. The van der Waals surface area contributed by atoms with Gasteiger partial charge in [-0.05, 0) is 17.9 Å². The van der Waals surface area contributed by atoms with Crippen molar-refractivity contribution in [3.63, 3.8) is 0 Å². The monoisotopic (exact) mass is 518 g/mol. The molecule has 0 spiro atoms. The number of nitrogens with two attached hydrogens (primary N) is 1. The Bertz CT molecular complexity index is 1000. The summed E-state index contributed by atoms with van der Waals surface area (Å²) in [6.07, 6.45) is 3.57. The maximum Gasteiger partial charge on any atom is 0.326 e. The van der Waals surface area contributed by atoms with Gasteiger partial charge in [0.05, 0.1) is 12.4 Å². The zero-order chi connectivity index (χ0) is 26.7. The standard InChI is InChI=1S/C24H34N6O5S/c1-14(2)8-18(22(32)29-19(24(34)35)9-15-6-4-3-5-7-15)28-23(33)20(12-36)30-21(31)17(25)10-16-11-26-13-27-16/h3-7,11,13-14,17-20,36H,8-10,12,25H2,1-2H3,(H,26,27)(H,28,33)(H,29,32)(H,30,31)(H,34,35). The smallest absolute Gasteiger partial charge is 0.326 e. The van der Waals surface area contributed by atoms with E-state index in [1.165, 1.54) is 6.33 Å². The van der Waals surface area contributed by atoms with Gasteiger partial charge >= 0.3 is 5.97 Å². The van der Waals surface area contributed by atoms with Gasteiger partial charge in [-0.15, -0.1) is 0 Å². The van der Waals surface area contributed by atoms with Crippen LogP contribution in [-0.4, -0.2) is 68.7 Å². The van der Waals surface area contributed by atoms with Crippen LogP contribution in [0.2, 0.25) is 0 Å². The van der Waals surface area contributed by atoms with E-state index in [1.54, 1.807) is 30.5 Å². The van der Waals surface area contributed by atoms with E-state index in [1.807, 2.05) is 19.9 Å². The molecular weight excluding hydrogens is 484 g/mol. The number of imidazole rings is 1. The first kappa shape index (κ1) is 28.9. The van der Waals surface area contributed by atoms with E-state index in [4.69, 9.17) is 5.73 Å². The van der Waals surface area contributed by atoms with Crippen LogP contribution in [0.25, 0.3) is 0 Å². The quantitative estimate of drug-likeness (QED) is 0.172. The highest BCUT2D eigenvalue weighted by Crippen LogP contribution is 2.09. The number of aromatic amines is 1. The van der Waals surface area contributed by atoms with Crippen LogP contribution < -0.4 is 21.7 Å². The Kier molecular flexibility index (Phi) is 11.4. The third kappa shape index (κ3) is 9.34. The molecule has 36 heavy (non-hydrogen) atoms. The van der Waals surface area contributed by atoms with Crippen molar-refractivity contribution >= 4 is 36.3 Å². The van der Waals surface area contributed by atoms with Gasteiger partial charge < -0.3 is 31.8 Å². The molecule has 0 saturated carbocycles. The van der Waals surface area contributed by atoms with Gasteiger partial charge in [-0.25, -0.2) is 9.78 Å². The lowest BCUT2D eigenvalue weighted by Gasteiger charge is -2.25. The summed E-state index contributed by atoms with van der Waals surface area (Å²) in [7, 11) is 0. The predicted molar refractivity (Wildman–Crippen MR) is 137 cm³/mol. The number of hydrogen-bond donors (Lipinski definition) is 7. The lowest BCUT2D eigenvalue weighted by atomic mass is 10.0. The summed E-state index contributed by atoms with van der Waals surface area (Å²) in [5, 5.41) is 17.3. The summed E-state index contributed by atoms with van der Waals surface area (Å²) >= 11 is 4.16. The fourth-order valence-corrected chi connectivity index (χ4v) is 3.75. The number of carboxylic acids is 1. The largest absolute Gasteiger partial charge is 0.480 e. The molecule has 0 radical (unpaired) electrons. The first-order valence-electron chi connectivity index (χ1n) is 11.6. The Labute approximate surface area is 215 Å². The minimum Gasteiger partial charge on any atom is -0.480 e. The van der Waals surface area contributed by atoms with E-state index in [9.17, 15) is 24.3 Å². The second-order valence-corrected chi connectivity index (χ2v) is 9.28. The minimum absolute atomic E-state index is 0.0188. The van der Waals surface area contributed by atoms with E-state index in [2.05, 4.69) is 38.5 Å². The molecule has 3 amide bonds. The van der Waals surface area contributed by atoms with E-state index in [0.29, 0.717) is 5.69 Å². The number of carbonyl (C=O) groups is 4. The number of aromatic nitrogens is 2. The number of nitrogens with one attached hydrogen (secondary N) is 4. The molecule has 2 aromatic rings. The van der Waals surface area contributed by atoms with Gasteiger partial charge in [0.25, 0.3) is 0 Å². The number of benzene rings is 1. The van der Waals surface area contributed by atoms with Crippen LogP contribution >= 0.6 is 12.6 Å². The van der Waals surface area contributed by atoms with Crippen LogP contribution in [0, 0.1) is 5.92 Å². The first-order chi connectivity index (χ1) is 17.1. The number of carbonyl (C=O) groups excluding carboxylic acids is 3. The average molecular weight is 519 g/mol. The highest BCUT2D eigenvalue weighted by Gasteiger charge is 2.30. The van der Waals surface area contributed by atoms with Gasteiger partial charge in [0.1, 0.15) is 18.1 Å². The molecular formula is C24H34N6O5S. The Morgan fingerprint density at radius 1 is 0.972 bits per heavy atom. The highest BCUT2D eigenvalue weighted by molar-refractivity contribution is 7.80. The van der Waals surface area contributed by atoms with E-state index < -0.39 is 47.9 Å². The topological polar surface area (TPSA) is 179 Å². The summed E-state index contributed by atoms with van der Waals surface area (Å²) in [6, 6.07) is 4.77. The molecule has 1 aromatic carbocycles. The fraction of sp³-hybridized carbons (Fsp3) is 0.458. The normalized spacial score (nSPS) is 14.4. The summed E-state index contributed by atoms with van der Waals surface area (Å²) in [6.45, 7) is 3.74. The van der Waals surface area contributed by atoms with E-state index in [0.717, 1.165) is 5.56 Å². The summed E-state index contributed by atoms with van der Waals surface area (Å²) in [5.41, 5.74) is 7.35. The van der Waals surface area contributed by atoms with Gasteiger partial charge in [0.15, 0.2) is 0 Å². The van der Waals surface area contributed by atoms with Crippen molar-refractivity contribution in [2.45, 2.75) is 57.3 Å². The fourth-order valence-electron chi connectivity index (χ4n) is 3.50. The van der Waals surface area contributed by atoms with Crippen LogP contribution in [0.4, 0.5) is 0 Å². The molecule has 0 bridgehead atoms. The molecule has 0 aliphatic heterocycles. The molecule has 4 unspecified atom stereocenters. The Morgan fingerprint density at radius 2 is 1.58 bits per heavy atom. The van der Waals surface area contributed by atoms with Gasteiger partial charge in [-0.2, -0.15) is 12.6 Å². The van der Waals surface area contributed by atoms with Crippen molar-refractivity contribution in [3.05, 3.63) is 54.1 Å². The number of rotatable bonds is 14. The lowest BCUT2D eigenvalue weighted by molar-refractivity contribution is -0.142. The van der Waals surface area contributed by atoms with Crippen molar-refractivity contribution in [3.8, 4) is 0 Å². The molecule has 1 heterocycles. The lowest BCUT2D eigenvalue weighted by Crippen LogP contribution is -2.58. The second kappa shape index (κ2) is 14.2. The van der Waals surface area contributed by atoms with Crippen LogP contribution in [0.3, 0.4) is 0 Å². The van der Waals surface area contributed by atoms with Crippen molar-refractivity contribution < 1.29 is 24.3 Å². The molecule has 0 aliphatic rings. The van der Waals surface area contributed by atoms with Gasteiger partial charge in [-0.1, -0.05) is 44.2 Å². The van der Waals surface area contributed by atoms with Crippen molar-refractivity contribution in [2.24, 2.45) is 11.7 Å². The zero-order valence-electron chi connectivity index (χ0n) is 20.3. The Balaban J connectivity index is 2.03. The van der Waals surface area contributed by atoms with E-state index >= 15 is 0 Å². The molecule has 0 aliphatic carbocycles. The van der Waals surface area contributed by atoms with Crippen LogP contribution in [0.15, 0.2) is 42.9 Å². The third-order valence-electron chi connectivity index (χ3n) is 5.38. The number of H-pyrrole nitrogens is 1. The van der Waals surface area contributed by atoms with Crippen LogP contribution in [0.1, 0.15) is 31.5 Å². The first-order valence-corrected chi connectivity index (χ1v) is 12.3. The van der Waals surface area contributed by atoms with Gasteiger partial charge in [-0.3, -0.25) is 14.4 Å². The Hall–Kier alpha value is -3.38. The van der Waals surface area contributed by atoms with Crippen molar-refractivity contribution in [1.82, 2.24) is 25.9 Å². The van der Waals surface area contributed by atoms with Crippen molar-refractivity contribution in [1.29, 1.82) is 0 Å². The minimum atomic E-state index is -1.19. The third-order valence-corrected chi connectivity index (χ3v) is 5.75. The van der Waals surface area contributed by atoms with Crippen LogP contribution in [-0.2, 0) is 32.0 Å². The average Bonchev–Trinajstić information content (AvgIpc) is 3.34. The SMILES string of the molecule is CC(C)CC(NC(=O)C(CS)NC(=O)C(N)Cc1cnc[nH]1)C(=O)NC(Cc1ccccc1)C(=O)O. The molecule has 0 saturated heterocycles.